The number of rotatable bonds is 2. The Kier molecular flexibility index (Phi) is 4.12. The first-order chi connectivity index (χ1) is 14.7. The molecule has 0 N–H and O–H groups in total. The minimum absolute atomic E-state index is 0.131. The number of fused-ring (bicyclic) bond motifs is 5. The van der Waals surface area contributed by atoms with Crippen LogP contribution in [0.15, 0.2) is 54.6 Å². The molecule has 0 saturated carbocycles. The zero-order valence-corrected chi connectivity index (χ0v) is 16.3. The van der Waals surface area contributed by atoms with Gasteiger partial charge < -0.3 is 4.90 Å². The fourth-order valence-corrected chi connectivity index (χ4v) is 5.05. The molecule has 2 amide bonds. The number of imide groups is 1. The maximum Gasteiger partial charge on any atom is 0.416 e. The average Bonchev–Trinajstić information content (AvgIpc) is 3.21. The quantitative estimate of drug-likeness (QED) is 0.688. The Morgan fingerprint density at radius 2 is 1.68 bits per heavy atom. The van der Waals surface area contributed by atoms with Crippen molar-refractivity contribution in [2.24, 2.45) is 11.8 Å². The topological polar surface area (TPSA) is 57.7 Å². The molecule has 2 saturated heterocycles. The number of benzene rings is 2. The summed E-state index contributed by atoms with van der Waals surface area (Å²) in [7, 11) is 0. The van der Waals surface area contributed by atoms with E-state index in [2.05, 4.69) is 0 Å². The molecule has 5 nitrogen and oxygen atoms in total. The van der Waals surface area contributed by atoms with Crippen molar-refractivity contribution in [3.63, 3.8) is 0 Å². The molecule has 5 rings (SSSR count). The molecule has 31 heavy (non-hydrogen) atoms. The number of alkyl halides is 3. The van der Waals surface area contributed by atoms with Gasteiger partial charge in [0, 0.05) is 5.69 Å². The molecule has 4 atom stereocenters. The molecule has 3 aliphatic heterocycles. The first-order valence-corrected chi connectivity index (χ1v) is 9.81. The molecule has 8 heteroatoms. The van der Waals surface area contributed by atoms with Gasteiger partial charge in [-0.3, -0.25) is 14.4 Å². The molecular formula is C23H17F3N2O3. The van der Waals surface area contributed by atoms with Gasteiger partial charge in [-0.25, -0.2) is 4.90 Å². The molecule has 2 aromatic rings. The highest BCUT2D eigenvalue weighted by Crippen LogP contribution is 2.49. The van der Waals surface area contributed by atoms with Gasteiger partial charge in [0.25, 0.3) is 0 Å². The third-order valence-corrected chi connectivity index (χ3v) is 6.26. The standard InChI is InChI=1S/C23H17F3N2O3/c1-12(29)20-19-18(17-10-9-13-5-2-3-8-16(13)28(17)20)21(30)27(22(19)31)15-7-4-6-14(11-15)23(24,25)26/h2-11,17-20H,1H3. The van der Waals surface area contributed by atoms with Crippen LogP contribution in [0.3, 0.4) is 0 Å². The van der Waals surface area contributed by atoms with Crippen molar-refractivity contribution in [1.82, 2.24) is 0 Å². The summed E-state index contributed by atoms with van der Waals surface area (Å²) in [4.78, 5) is 42.0. The summed E-state index contributed by atoms with van der Waals surface area (Å²) in [5, 5.41) is 0. The number of Topliss-reactive ketones (excluding diaryl/α,β-unsaturated/α-hetero) is 1. The molecule has 3 heterocycles. The highest BCUT2D eigenvalue weighted by atomic mass is 19.4. The van der Waals surface area contributed by atoms with Crippen molar-refractivity contribution < 1.29 is 27.6 Å². The number of nitrogens with zero attached hydrogens (tertiary/aromatic N) is 2. The van der Waals surface area contributed by atoms with Crippen molar-refractivity contribution >= 4 is 35.0 Å². The number of hydrogen-bond acceptors (Lipinski definition) is 4. The number of amides is 2. The largest absolute Gasteiger partial charge is 0.416 e. The highest BCUT2D eigenvalue weighted by molar-refractivity contribution is 6.24. The van der Waals surface area contributed by atoms with Gasteiger partial charge in [0.15, 0.2) is 5.78 Å². The second-order valence-corrected chi connectivity index (χ2v) is 7.98. The SMILES string of the molecule is CC(=O)C1C2C(=O)N(c3cccc(C(F)(F)F)c3)C(=O)C2C2C=Cc3ccccc3N21. The summed E-state index contributed by atoms with van der Waals surface area (Å²) in [5.74, 6) is -3.30. The van der Waals surface area contributed by atoms with E-state index in [-0.39, 0.29) is 11.5 Å². The molecule has 3 aliphatic rings. The van der Waals surface area contributed by atoms with Crippen molar-refractivity contribution in [2.45, 2.75) is 25.2 Å². The predicted molar refractivity (Wildman–Crippen MR) is 107 cm³/mol. The lowest BCUT2D eigenvalue weighted by atomic mass is 9.88. The van der Waals surface area contributed by atoms with E-state index in [0.29, 0.717) is 0 Å². The van der Waals surface area contributed by atoms with Crippen LogP contribution in [-0.2, 0) is 20.6 Å². The van der Waals surface area contributed by atoms with Crippen LogP contribution in [-0.4, -0.2) is 29.7 Å². The van der Waals surface area contributed by atoms with Crippen LogP contribution in [0, 0.1) is 11.8 Å². The molecule has 2 fully saturated rings. The fourth-order valence-electron chi connectivity index (χ4n) is 5.05. The zero-order chi connectivity index (χ0) is 22.1. The van der Waals surface area contributed by atoms with Gasteiger partial charge in [-0.1, -0.05) is 36.4 Å². The first-order valence-electron chi connectivity index (χ1n) is 9.81. The van der Waals surface area contributed by atoms with Crippen LogP contribution in [0.5, 0.6) is 0 Å². The van der Waals surface area contributed by atoms with Gasteiger partial charge in [-0.15, -0.1) is 0 Å². The number of ketones is 1. The second-order valence-electron chi connectivity index (χ2n) is 7.98. The monoisotopic (exact) mass is 426 g/mol. The van der Waals surface area contributed by atoms with E-state index >= 15 is 0 Å². The molecular weight excluding hydrogens is 409 g/mol. The first kappa shape index (κ1) is 19.5. The van der Waals surface area contributed by atoms with E-state index in [1.54, 1.807) is 6.08 Å². The molecule has 158 valence electrons. The van der Waals surface area contributed by atoms with Crippen LogP contribution in [0.25, 0.3) is 6.08 Å². The Bertz CT molecular complexity index is 1160. The number of para-hydroxylation sites is 1. The highest BCUT2D eigenvalue weighted by Gasteiger charge is 2.63. The lowest BCUT2D eigenvalue weighted by Crippen LogP contribution is -2.48. The normalized spacial score (nSPS) is 26.7. The van der Waals surface area contributed by atoms with Crippen LogP contribution in [0.1, 0.15) is 18.1 Å². The number of carbonyl (C=O) groups is 3. The molecule has 0 spiro atoms. The molecule has 4 unspecified atom stereocenters. The maximum atomic E-state index is 13.3. The van der Waals surface area contributed by atoms with Gasteiger partial charge >= 0.3 is 6.18 Å². The van der Waals surface area contributed by atoms with E-state index in [9.17, 15) is 27.6 Å². The molecule has 0 bridgehead atoms. The third-order valence-electron chi connectivity index (χ3n) is 6.26. The van der Waals surface area contributed by atoms with E-state index in [1.807, 2.05) is 35.2 Å². The second kappa shape index (κ2) is 6.54. The summed E-state index contributed by atoms with van der Waals surface area (Å²) in [6.07, 6.45) is -0.962. The molecule has 0 aromatic heterocycles. The van der Waals surface area contributed by atoms with Gasteiger partial charge in [0.05, 0.1) is 29.1 Å². The fraction of sp³-hybridized carbons (Fsp3) is 0.261. The van der Waals surface area contributed by atoms with Gasteiger partial charge in [-0.2, -0.15) is 13.2 Å². The van der Waals surface area contributed by atoms with Crippen molar-refractivity contribution in [1.29, 1.82) is 0 Å². The molecule has 2 aromatic carbocycles. The minimum atomic E-state index is -4.60. The summed E-state index contributed by atoms with van der Waals surface area (Å²) in [6, 6.07) is 10.1. The van der Waals surface area contributed by atoms with Gasteiger partial charge in [-0.05, 0) is 36.8 Å². The number of hydrogen-bond donors (Lipinski definition) is 0. The summed E-state index contributed by atoms with van der Waals surface area (Å²) >= 11 is 0. The van der Waals surface area contributed by atoms with Crippen LogP contribution < -0.4 is 9.80 Å². The van der Waals surface area contributed by atoms with E-state index in [1.165, 1.54) is 19.1 Å². The third kappa shape index (κ3) is 2.74. The lowest BCUT2D eigenvalue weighted by molar-refractivity contribution is -0.137. The summed E-state index contributed by atoms with van der Waals surface area (Å²) in [6.45, 7) is 1.37. The predicted octanol–water partition coefficient (Wildman–Crippen LogP) is 3.68. The lowest BCUT2D eigenvalue weighted by Gasteiger charge is -2.36. The summed E-state index contributed by atoms with van der Waals surface area (Å²) in [5.41, 5.74) is 0.558. The van der Waals surface area contributed by atoms with Crippen molar-refractivity contribution in [3.05, 3.63) is 65.7 Å². The van der Waals surface area contributed by atoms with E-state index < -0.39 is 47.5 Å². The Morgan fingerprint density at radius 3 is 2.39 bits per heavy atom. The van der Waals surface area contributed by atoms with Gasteiger partial charge in [0.2, 0.25) is 11.8 Å². The number of halogens is 3. The van der Waals surface area contributed by atoms with Gasteiger partial charge in [0.1, 0.15) is 6.04 Å². The number of anilines is 2. The average molecular weight is 426 g/mol. The van der Waals surface area contributed by atoms with Crippen LogP contribution >= 0.6 is 0 Å². The Morgan fingerprint density at radius 1 is 0.968 bits per heavy atom. The smallest absolute Gasteiger partial charge is 0.353 e. The molecule has 0 aliphatic carbocycles. The van der Waals surface area contributed by atoms with Crippen molar-refractivity contribution in [3.8, 4) is 0 Å². The zero-order valence-electron chi connectivity index (χ0n) is 16.3. The molecule has 0 radical (unpaired) electrons. The summed E-state index contributed by atoms with van der Waals surface area (Å²) < 4.78 is 39.5. The maximum absolute atomic E-state index is 13.3. The van der Waals surface area contributed by atoms with E-state index in [4.69, 9.17) is 0 Å². The van der Waals surface area contributed by atoms with E-state index in [0.717, 1.165) is 28.3 Å². The van der Waals surface area contributed by atoms with Crippen LogP contribution in [0.2, 0.25) is 0 Å². The minimum Gasteiger partial charge on any atom is -0.353 e. The van der Waals surface area contributed by atoms with Crippen molar-refractivity contribution in [2.75, 3.05) is 9.80 Å². The Hall–Kier alpha value is -3.42. The Balaban J connectivity index is 1.60. The number of carbonyl (C=O) groups excluding carboxylic acids is 3. The van der Waals surface area contributed by atoms with Crippen LogP contribution in [0.4, 0.5) is 24.5 Å². The Labute approximate surface area is 175 Å².